The molecule has 0 saturated heterocycles. The zero-order chi connectivity index (χ0) is 10.7. The monoisotopic (exact) mass is 224 g/mol. The van der Waals surface area contributed by atoms with E-state index in [1.165, 1.54) is 0 Å². The molecule has 4 heteroatoms. The summed E-state index contributed by atoms with van der Waals surface area (Å²) < 4.78 is 5.59. The first-order valence-corrected chi connectivity index (χ1v) is 5.28. The van der Waals surface area contributed by atoms with Gasteiger partial charge in [-0.2, -0.15) is 0 Å². The molecule has 0 unspecified atom stereocenters. The van der Waals surface area contributed by atoms with Gasteiger partial charge in [-0.25, -0.2) is 0 Å². The van der Waals surface area contributed by atoms with E-state index in [4.69, 9.17) is 22.1 Å². The van der Waals surface area contributed by atoms with Crippen molar-refractivity contribution >= 4 is 22.5 Å². The summed E-state index contributed by atoms with van der Waals surface area (Å²) in [5, 5.41) is 1.77. The molecule has 0 aliphatic carbocycles. The lowest BCUT2D eigenvalue weighted by atomic mass is 10.2. The molecule has 0 atom stereocenters. The molecule has 0 aliphatic rings. The molecule has 3 nitrogen and oxygen atoms in total. The summed E-state index contributed by atoms with van der Waals surface area (Å²) in [5.41, 5.74) is 6.39. The molecule has 1 heterocycles. The van der Waals surface area contributed by atoms with Gasteiger partial charge in [-0.15, -0.1) is 0 Å². The van der Waals surface area contributed by atoms with Crippen LogP contribution in [0.2, 0.25) is 5.02 Å². The van der Waals surface area contributed by atoms with Crippen molar-refractivity contribution in [1.29, 1.82) is 0 Å². The Labute approximate surface area is 93.2 Å². The van der Waals surface area contributed by atoms with Crippen molar-refractivity contribution in [2.75, 3.05) is 13.2 Å². The third kappa shape index (κ3) is 2.25. The fraction of sp³-hybridized carbons (Fsp3) is 0.273. The molecule has 0 fully saturated rings. The van der Waals surface area contributed by atoms with Gasteiger partial charge in [0.05, 0.1) is 12.1 Å². The van der Waals surface area contributed by atoms with Crippen molar-refractivity contribution in [3.63, 3.8) is 0 Å². The van der Waals surface area contributed by atoms with Crippen LogP contribution in [0, 0.1) is 0 Å². The maximum absolute atomic E-state index is 5.88. The summed E-state index contributed by atoms with van der Waals surface area (Å²) in [6, 6.07) is 5.69. The van der Waals surface area contributed by atoms with E-state index in [0.29, 0.717) is 13.2 Å². The molecule has 3 N–H and O–H groups in total. The molecular formula is C11H13ClN2O. The Morgan fingerprint density at radius 2 is 2.27 bits per heavy atom. The molecule has 1 aromatic heterocycles. The van der Waals surface area contributed by atoms with Crippen LogP contribution in [0.3, 0.4) is 0 Å². The third-order valence-corrected chi connectivity index (χ3v) is 2.45. The molecule has 0 aliphatic heterocycles. The van der Waals surface area contributed by atoms with Gasteiger partial charge in [-0.05, 0) is 31.2 Å². The van der Waals surface area contributed by atoms with E-state index in [2.05, 4.69) is 4.98 Å². The van der Waals surface area contributed by atoms with Gasteiger partial charge in [0, 0.05) is 16.6 Å². The number of rotatable bonds is 4. The molecule has 0 spiro atoms. The van der Waals surface area contributed by atoms with E-state index in [0.717, 1.165) is 28.1 Å². The van der Waals surface area contributed by atoms with Gasteiger partial charge in [0.25, 0.3) is 0 Å². The van der Waals surface area contributed by atoms with Crippen molar-refractivity contribution in [3.05, 3.63) is 29.4 Å². The second-order valence-electron chi connectivity index (χ2n) is 3.33. The van der Waals surface area contributed by atoms with Crippen LogP contribution in [0.1, 0.15) is 6.42 Å². The number of fused-ring (bicyclic) bond motifs is 1. The summed E-state index contributed by atoms with van der Waals surface area (Å²) in [5.74, 6) is 0.857. The highest BCUT2D eigenvalue weighted by molar-refractivity contribution is 6.31. The van der Waals surface area contributed by atoms with E-state index in [1.807, 2.05) is 24.4 Å². The number of H-pyrrole nitrogens is 1. The van der Waals surface area contributed by atoms with E-state index in [9.17, 15) is 0 Å². The van der Waals surface area contributed by atoms with Gasteiger partial charge in [0.15, 0.2) is 0 Å². The molecule has 2 rings (SSSR count). The van der Waals surface area contributed by atoms with E-state index >= 15 is 0 Å². The van der Waals surface area contributed by atoms with Gasteiger partial charge < -0.3 is 15.5 Å². The second kappa shape index (κ2) is 4.55. The van der Waals surface area contributed by atoms with Crippen LogP contribution in [0.4, 0.5) is 0 Å². The zero-order valence-corrected chi connectivity index (χ0v) is 9.05. The fourth-order valence-corrected chi connectivity index (χ4v) is 1.63. The average Bonchev–Trinajstić information content (AvgIpc) is 2.61. The maximum Gasteiger partial charge on any atom is 0.144 e. The summed E-state index contributed by atoms with van der Waals surface area (Å²) in [7, 11) is 0. The number of halogens is 1. The van der Waals surface area contributed by atoms with Crippen LogP contribution in [-0.4, -0.2) is 18.1 Å². The Balaban J connectivity index is 2.21. The summed E-state index contributed by atoms with van der Waals surface area (Å²) >= 11 is 5.88. The Morgan fingerprint density at radius 3 is 3.07 bits per heavy atom. The second-order valence-corrected chi connectivity index (χ2v) is 3.77. The lowest BCUT2D eigenvalue weighted by Crippen LogP contribution is -2.05. The number of hydrogen-bond acceptors (Lipinski definition) is 2. The van der Waals surface area contributed by atoms with Crippen molar-refractivity contribution in [2.45, 2.75) is 6.42 Å². The predicted molar refractivity (Wildman–Crippen MR) is 62.5 cm³/mol. The Morgan fingerprint density at radius 1 is 1.40 bits per heavy atom. The van der Waals surface area contributed by atoms with Crippen LogP contribution in [0.5, 0.6) is 5.75 Å². The largest absolute Gasteiger partial charge is 0.491 e. The van der Waals surface area contributed by atoms with Gasteiger partial charge >= 0.3 is 0 Å². The van der Waals surface area contributed by atoms with Gasteiger partial charge in [0.2, 0.25) is 0 Å². The average molecular weight is 225 g/mol. The fourth-order valence-electron chi connectivity index (χ4n) is 1.46. The summed E-state index contributed by atoms with van der Waals surface area (Å²) in [6.45, 7) is 1.29. The molecule has 0 radical (unpaired) electrons. The number of aromatic nitrogens is 1. The van der Waals surface area contributed by atoms with Crippen molar-refractivity contribution < 1.29 is 4.74 Å². The van der Waals surface area contributed by atoms with E-state index in [1.54, 1.807) is 0 Å². The normalized spacial score (nSPS) is 10.8. The number of aromatic amines is 1. The number of nitrogens with one attached hydrogen (secondary N) is 1. The molecular weight excluding hydrogens is 212 g/mol. The highest BCUT2D eigenvalue weighted by Gasteiger charge is 2.04. The topological polar surface area (TPSA) is 51.0 Å². The zero-order valence-electron chi connectivity index (χ0n) is 8.29. The molecule has 15 heavy (non-hydrogen) atoms. The Kier molecular flexibility index (Phi) is 3.14. The first-order valence-electron chi connectivity index (χ1n) is 4.91. The molecule has 0 bridgehead atoms. The highest BCUT2D eigenvalue weighted by Crippen LogP contribution is 2.27. The van der Waals surface area contributed by atoms with Gasteiger partial charge in [-0.1, -0.05) is 11.6 Å². The minimum absolute atomic E-state index is 0.645. The SMILES string of the molecule is NCCCOc1c[nH]c2cc(Cl)ccc12. The summed E-state index contributed by atoms with van der Waals surface area (Å²) in [6.07, 6.45) is 2.71. The lowest BCUT2D eigenvalue weighted by molar-refractivity contribution is 0.317. The summed E-state index contributed by atoms with van der Waals surface area (Å²) in [4.78, 5) is 3.12. The van der Waals surface area contributed by atoms with E-state index < -0.39 is 0 Å². The minimum atomic E-state index is 0.645. The van der Waals surface area contributed by atoms with Crippen LogP contribution >= 0.6 is 11.6 Å². The minimum Gasteiger partial charge on any atom is -0.491 e. The Hall–Kier alpha value is -1.19. The smallest absolute Gasteiger partial charge is 0.144 e. The predicted octanol–water partition coefficient (Wildman–Crippen LogP) is 2.55. The van der Waals surface area contributed by atoms with Crippen molar-refractivity contribution in [1.82, 2.24) is 4.98 Å². The van der Waals surface area contributed by atoms with Crippen molar-refractivity contribution in [3.8, 4) is 5.75 Å². The quantitative estimate of drug-likeness (QED) is 0.785. The lowest BCUT2D eigenvalue weighted by Gasteiger charge is -2.02. The molecule has 2 aromatic rings. The number of nitrogens with two attached hydrogens (primary N) is 1. The maximum atomic E-state index is 5.88. The van der Waals surface area contributed by atoms with Crippen molar-refractivity contribution in [2.24, 2.45) is 5.73 Å². The first-order chi connectivity index (χ1) is 7.31. The van der Waals surface area contributed by atoms with Crippen LogP contribution in [-0.2, 0) is 0 Å². The van der Waals surface area contributed by atoms with Crippen LogP contribution in [0.25, 0.3) is 10.9 Å². The number of ether oxygens (including phenoxy) is 1. The molecule has 0 amide bonds. The van der Waals surface area contributed by atoms with Crippen LogP contribution < -0.4 is 10.5 Å². The standard InChI is InChI=1S/C11H13ClN2O/c12-8-2-3-9-10(6-8)14-7-11(9)15-5-1-4-13/h2-3,6-7,14H,1,4-5,13H2. The highest BCUT2D eigenvalue weighted by atomic mass is 35.5. The van der Waals surface area contributed by atoms with Gasteiger partial charge in [-0.3, -0.25) is 0 Å². The molecule has 80 valence electrons. The molecule has 0 saturated carbocycles. The third-order valence-electron chi connectivity index (χ3n) is 2.21. The number of hydrogen-bond donors (Lipinski definition) is 2. The van der Waals surface area contributed by atoms with E-state index in [-0.39, 0.29) is 0 Å². The molecule has 1 aromatic carbocycles. The van der Waals surface area contributed by atoms with Crippen LogP contribution in [0.15, 0.2) is 24.4 Å². The first kappa shape index (κ1) is 10.3. The van der Waals surface area contributed by atoms with Gasteiger partial charge in [0.1, 0.15) is 5.75 Å². The Bertz CT molecular complexity index is 453. The number of benzene rings is 1.